The minimum atomic E-state index is -0.0449. The van der Waals surface area contributed by atoms with Crippen LogP contribution in [0.15, 0.2) is 30.6 Å². The Balaban J connectivity index is 2.09. The number of aromatic nitrogens is 3. The molecule has 0 saturated heterocycles. The molecular formula is C16H22N4O2. The van der Waals surface area contributed by atoms with Gasteiger partial charge in [-0.15, -0.1) is 0 Å². The molecule has 0 aliphatic rings. The van der Waals surface area contributed by atoms with Gasteiger partial charge in [-0.05, 0) is 25.5 Å². The molecule has 6 nitrogen and oxygen atoms in total. The van der Waals surface area contributed by atoms with E-state index in [1.54, 1.807) is 12.4 Å². The third-order valence-corrected chi connectivity index (χ3v) is 3.18. The number of nitrogens with one attached hydrogen (secondary N) is 1. The Bertz CT molecular complexity index is 578. The minimum absolute atomic E-state index is 0.0449. The third kappa shape index (κ3) is 4.66. The van der Waals surface area contributed by atoms with Crippen molar-refractivity contribution >= 4 is 5.82 Å². The summed E-state index contributed by atoms with van der Waals surface area (Å²) in [6.45, 7) is 4.30. The molecule has 118 valence electrons. The molecular weight excluding hydrogens is 280 g/mol. The molecule has 2 aromatic heterocycles. The molecule has 0 aliphatic carbocycles. The van der Waals surface area contributed by atoms with Crippen molar-refractivity contribution in [2.24, 2.45) is 0 Å². The second-order valence-electron chi connectivity index (χ2n) is 5.05. The molecule has 2 aromatic rings. The molecule has 0 unspecified atom stereocenters. The zero-order valence-corrected chi connectivity index (χ0v) is 13.0. The van der Waals surface area contributed by atoms with Crippen molar-refractivity contribution in [3.8, 4) is 5.75 Å². The van der Waals surface area contributed by atoms with Gasteiger partial charge < -0.3 is 15.2 Å². The lowest BCUT2D eigenvalue weighted by molar-refractivity contribution is 0.266. The fourth-order valence-corrected chi connectivity index (χ4v) is 2.05. The summed E-state index contributed by atoms with van der Waals surface area (Å²) < 4.78 is 5.77. The highest BCUT2D eigenvalue weighted by molar-refractivity contribution is 5.49. The number of pyridine rings is 1. The Morgan fingerprint density at radius 1 is 1.32 bits per heavy atom. The molecule has 0 bridgehead atoms. The minimum Gasteiger partial charge on any atom is -0.482 e. The Hall–Kier alpha value is -2.21. The van der Waals surface area contributed by atoms with Gasteiger partial charge in [-0.1, -0.05) is 19.4 Å². The van der Waals surface area contributed by atoms with E-state index in [9.17, 15) is 5.11 Å². The van der Waals surface area contributed by atoms with Crippen LogP contribution in [0.2, 0.25) is 0 Å². The van der Waals surface area contributed by atoms with Crippen molar-refractivity contribution in [1.29, 1.82) is 0 Å². The van der Waals surface area contributed by atoms with E-state index < -0.39 is 0 Å². The van der Waals surface area contributed by atoms with Gasteiger partial charge in [-0.25, -0.2) is 9.97 Å². The van der Waals surface area contributed by atoms with Crippen molar-refractivity contribution in [2.45, 2.75) is 39.3 Å². The zero-order valence-electron chi connectivity index (χ0n) is 13.0. The van der Waals surface area contributed by atoms with E-state index in [1.165, 1.54) is 0 Å². The lowest BCUT2D eigenvalue weighted by atomic mass is 10.2. The van der Waals surface area contributed by atoms with Crippen LogP contribution in [0.5, 0.6) is 5.75 Å². The van der Waals surface area contributed by atoms with E-state index in [0.717, 1.165) is 18.5 Å². The van der Waals surface area contributed by atoms with Crippen molar-refractivity contribution in [3.05, 3.63) is 42.1 Å². The average molecular weight is 302 g/mol. The highest BCUT2D eigenvalue weighted by Crippen LogP contribution is 2.23. The smallest absolute Gasteiger partial charge is 0.180 e. The standard InChI is InChI=1S/C16H22N4O2/c1-3-6-13(10-21)20-16-15(9-18-12(2)19-16)22-11-14-7-4-5-8-17-14/h4-5,7-9,13,21H,3,6,10-11H2,1-2H3,(H,18,19,20)/t13-/m0/s1. The molecule has 0 amide bonds. The largest absolute Gasteiger partial charge is 0.482 e. The van der Waals surface area contributed by atoms with Crippen LogP contribution in [0.25, 0.3) is 0 Å². The topological polar surface area (TPSA) is 80.2 Å². The molecule has 0 fully saturated rings. The summed E-state index contributed by atoms with van der Waals surface area (Å²) in [5.41, 5.74) is 0.835. The van der Waals surface area contributed by atoms with Gasteiger partial charge in [0.05, 0.1) is 24.5 Å². The predicted octanol–water partition coefficient (Wildman–Crippen LogP) is 2.33. The first-order valence-corrected chi connectivity index (χ1v) is 7.46. The van der Waals surface area contributed by atoms with Crippen LogP contribution in [-0.2, 0) is 6.61 Å². The van der Waals surface area contributed by atoms with Crippen LogP contribution in [0.3, 0.4) is 0 Å². The van der Waals surface area contributed by atoms with Crippen LogP contribution >= 0.6 is 0 Å². The highest BCUT2D eigenvalue weighted by atomic mass is 16.5. The molecule has 0 saturated carbocycles. The van der Waals surface area contributed by atoms with Gasteiger partial charge in [0.2, 0.25) is 0 Å². The number of rotatable bonds is 8. The lowest BCUT2D eigenvalue weighted by Gasteiger charge is -2.18. The molecule has 2 N–H and O–H groups in total. The Labute approximate surface area is 130 Å². The number of anilines is 1. The Morgan fingerprint density at radius 3 is 2.86 bits per heavy atom. The second kappa shape index (κ2) is 8.29. The van der Waals surface area contributed by atoms with E-state index in [-0.39, 0.29) is 12.6 Å². The van der Waals surface area contributed by atoms with Gasteiger partial charge in [0.25, 0.3) is 0 Å². The summed E-state index contributed by atoms with van der Waals surface area (Å²) in [6.07, 6.45) is 5.21. The molecule has 1 atom stereocenters. The molecule has 0 radical (unpaired) electrons. The van der Waals surface area contributed by atoms with E-state index >= 15 is 0 Å². The quantitative estimate of drug-likeness (QED) is 0.779. The van der Waals surface area contributed by atoms with Crippen LogP contribution in [0.1, 0.15) is 31.3 Å². The number of hydrogen-bond acceptors (Lipinski definition) is 6. The van der Waals surface area contributed by atoms with Gasteiger partial charge in [-0.2, -0.15) is 0 Å². The number of nitrogens with zero attached hydrogens (tertiary/aromatic N) is 3. The van der Waals surface area contributed by atoms with Crippen molar-refractivity contribution in [2.75, 3.05) is 11.9 Å². The van der Waals surface area contributed by atoms with Crippen molar-refractivity contribution in [3.63, 3.8) is 0 Å². The number of aliphatic hydroxyl groups is 1. The summed E-state index contributed by atoms with van der Waals surface area (Å²) in [6, 6.07) is 5.63. The zero-order chi connectivity index (χ0) is 15.8. The normalized spacial score (nSPS) is 12.0. The summed E-state index contributed by atoms with van der Waals surface area (Å²) in [4.78, 5) is 12.8. The fraction of sp³-hybridized carbons (Fsp3) is 0.438. The van der Waals surface area contributed by atoms with Gasteiger partial charge in [0.15, 0.2) is 11.6 Å². The van der Waals surface area contributed by atoms with Crippen LogP contribution in [-0.4, -0.2) is 32.7 Å². The second-order valence-corrected chi connectivity index (χ2v) is 5.05. The van der Waals surface area contributed by atoms with Gasteiger partial charge in [0.1, 0.15) is 12.4 Å². The average Bonchev–Trinajstić information content (AvgIpc) is 2.54. The monoisotopic (exact) mass is 302 g/mol. The number of aryl methyl sites for hydroxylation is 1. The van der Waals surface area contributed by atoms with Gasteiger partial charge >= 0.3 is 0 Å². The van der Waals surface area contributed by atoms with Crippen molar-refractivity contribution < 1.29 is 9.84 Å². The summed E-state index contributed by atoms with van der Waals surface area (Å²) in [5, 5.41) is 12.7. The molecule has 0 aromatic carbocycles. The van der Waals surface area contributed by atoms with E-state index in [4.69, 9.17) is 4.74 Å². The highest BCUT2D eigenvalue weighted by Gasteiger charge is 2.13. The third-order valence-electron chi connectivity index (χ3n) is 3.18. The van der Waals surface area contributed by atoms with E-state index in [1.807, 2.05) is 25.1 Å². The van der Waals surface area contributed by atoms with Crippen LogP contribution in [0, 0.1) is 6.92 Å². The summed E-state index contributed by atoms with van der Waals surface area (Å²) in [7, 11) is 0. The Kier molecular flexibility index (Phi) is 6.09. The maximum absolute atomic E-state index is 9.43. The molecule has 2 rings (SSSR count). The SMILES string of the molecule is CCC[C@@H](CO)Nc1nc(C)ncc1OCc1ccccn1. The maximum atomic E-state index is 9.43. The lowest BCUT2D eigenvalue weighted by Crippen LogP contribution is -2.24. The summed E-state index contributed by atoms with van der Waals surface area (Å²) >= 11 is 0. The predicted molar refractivity (Wildman–Crippen MR) is 84.7 cm³/mol. The van der Waals surface area contributed by atoms with Gasteiger partial charge in [0, 0.05) is 6.20 Å². The van der Waals surface area contributed by atoms with Gasteiger partial charge in [-0.3, -0.25) is 4.98 Å². The Morgan fingerprint density at radius 2 is 2.18 bits per heavy atom. The molecule has 0 spiro atoms. The molecule has 6 heteroatoms. The number of hydrogen-bond donors (Lipinski definition) is 2. The fourth-order valence-electron chi connectivity index (χ4n) is 2.05. The van der Waals surface area contributed by atoms with E-state index in [0.29, 0.717) is 24.0 Å². The van der Waals surface area contributed by atoms with Crippen molar-refractivity contribution in [1.82, 2.24) is 15.0 Å². The molecule has 22 heavy (non-hydrogen) atoms. The van der Waals surface area contributed by atoms with E-state index in [2.05, 4.69) is 27.2 Å². The van der Waals surface area contributed by atoms with Crippen LogP contribution in [0.4, 0.5) is 5.82 Å². The number of aliphatic hydroxyl groups excluding tert-OH is 1. The number of ether oxygens (including phenoxy) is 1. The first-order chi connectivity index (χ1) is 10.7. The first-order valence-electron chi connectivity index (χ1n) is 7.46. The summed E-state index contributed by atoms with van der Waals surface area (Å²) in [5.74, 6) is 1.82. The van der Waals surface area contributed by atoms with Crippen LogP contribution < -0.4 is 10.1 Å². The molecule has 0 aliphatic heterocycles. The maximum Gasteiger partial charge on any atom is 0.180 e. The first kappa shape index (κ1) is 16.2. The molecule has 2 heterocycles.